The molecule has 0 atom stereocenters. The molecular formula is C18H22N2O5S. The lowest BCUT2D eigenvalue weighted by Gasteiger charge is -2.14. The van der Waals surface area contributed by atoms with E-state index in [9.17, 15) is 13.2 Å². The lowest BCUT2D eigenvalue weighted by molar-refractivity contribution is 0.167. The van der Waals surface area contributed by atoms with Crippen molar-refractivity contribution >= 4 is 27.5 Å². The van der Waals surface area contributed by atoms with Gasteiger partial charge in [0.05, 0.1) is 23.8 Å². The van der Waals surface area contributed by atoms with Gasteiger partial charge in [0, 0.05) is 5.69 Å². The van der Waals surface area contributed by atoms with Gasteiger partial charge in [0.25, 0.3) is 10.0 Å². The Morgan fingerprint density at radius 3 is 2.50 bits per heavy atom. The quantitative estimate of drug-likeness (QED) is 0.765. The number of benzene rings is 2. The molecule has 7 nitrogen and oxygen atoms in total. The Balaban J connectivity index is 2.34. The predicted molar refractivity (Wildman–Crippen MR) is 100 cm³/mol. The Morgan fingerprint density at radius 1 is 1.08 bits per heavy atom. The first kappa shape index (κ1) is 19.6. The maximum Gasteiger partial charge on any atom is 0.411 e. The molecule has 0 saturated carbocycles. The van der Waals surface area contributed by atoms with E-state index in [0.717, 1.165) is 5.56 Å². The second-order valence-corrected chi connectivity index (χ2v) is 7.09. The molecule has 2 aromatic carbocycles. The molecule has 2 rings (SSSR count). The number of hydrogen-bond donors (Lipinski definition) is 2. The van der Waals surface area contributed by atoms with Crippen molar-refractivity contribution in [3.8, 4) is 5.75 Å². The number of rotatable bonds is 7. The number of ether oxygens (including phenoxy) is 2. The summed E-state index contributed by atoms with van der Waals surface area (Å²) in [7, 11) is -3.83. The van der Waals surface area contributed by atoms with Gasteiger partial charge in [-0.25, -0.2) is 13.2 Å². The van der Waals surface area contributed by atoms with Gasteiger partial charge >= 0.3 is 6.09 Å². The molecule has 0 aliphatic heterocycles. The van der Waals surface area contributed by atoms with Gasteiger partial charge in [-0.05, 0) is 56.7 Å². The summed E-state index contributed by atoms with van der Waals surface area (Å²) in [4.78, 5) is 11.7. The maximum absolute atomic E-state index is 12.6. The van der Waals surface area contributed by atoms with E-state index in [2.05, 4.69) is 10.0 Å². The highest BCUT2D eigenvalue weighted by Gasteiger charge is 2.18. The molecule has 8 heteroatoms. The highest BCUT2D eigenvalue weighted by atomic mass is 32.2. The Labute approximate surface area is 153 Å². The first-order valence-electron chi connectivity index (χ1n) is 8.15. The third-order valence-electron chi connectivity index (χ3n) is 3.34. The number of hydrogen-bond acceptors (Lipinski definition) is 5. The van der Waals surface area contributed by atoms with E-state index in [4.69, 9.17) is 9.47 Å². The molecule has 0 fully saturated rings. The highest BCUT2D eigenvalue weighted by molar-refractivity contribution is 7.92. The Morgan fingerprint density at radius 2 is 1.85 bits per heavy atom. The number of nitrogens with one attached hydrogen (secondary N) is 2. The van der Waals surface area contributed by atoms with Gasteiger partial charge in [-0.15, -0.1) is 0 Å². The number of carbonyl (C=O) groups excluding carboxylic acids is 1. The van der Waals surface area contributed by atoms with E-state index < -0.39 is 16.1 Å². The van der Waals surface area contributed by atoms with Crippen molar-refractivity contribution in [3.63, 3.8) is 0 Å². The molecule has 0 aliphatic rings. The molecule has 0 aliphatic carbocycles. The molecule has 0 spiro atoms. The molecule has 0 radical (unpaired) electrons. The standard InChI is InChI=1S/C18H22N2O5S/c1-4-24-17-10-9-15(12-16(17)19-18(21)25-5-2)26(22,23)20-14-8-6-7-13(3)11-14/h6-12,20H,4-5H2,1-3H3,(H,19,21). The minimum atomic E-state index is -3.83. The van der Waals surface area contributed by atoms with Crippen LogP contribution in [0.1, 0.15) is 19.4 Å². The van der Waals surface area contributed by atoms with Gasteiger partial charge in [0.1, 0.15) is 5.75 Å². The monoisotopic (exact) mass is 378 g/mol. The van der Waals surface area contributed by atoms with Gasteiger partial charge in [0.15, 0.2) is 0 Å². The molecule has 0 bridgehead atoms. The van der Waals surface area contributed by atoms with Gasteiger partial charge < -0.3 is 9.47 Å². The van der Waals surface area contributed by atoms with Crippen LogP contribution >= 0.6 is 0 Å². The molecule has 2 N–H and O–H groups in total. The van der Waals surface area contributed by atoms with Crippen LogP contribution in [-0.4, -0.2) is 27.7 Å². The molecule has 1 amide bonds. The molecule has 0 heterocycles. The third-order valence-corrected chi connectivity index (χ3v) is 4.72. The van der Waals surface area contributed by atoms with Crippen molar-refractivity contribution in [2.45, 2.75) is 25.7 Å². The second-order valence-electron chi connectivity index (χ2n) is 5.41. The van der Waals surface area contributed by atoms with E-state index in [1.165, 1.54) is 18.2 Å². The molecule has 2 aromatic rings. The summed E-state index contributed by atoms with van der Waals surface area (Å²) in [6, 6.07) is 11.3. The van der Waals surface area contributed by atoms with Crippen molar-refractivity contribution in [1.29, 1.82) is 0 Å². The van der Waals surface area contributed by atoms with Gasteiger partial charge in [-0.2, -0.15) is 0 Å². The van der Waals surface area contributed by atoms with E-state index in [0.29, 0.717) is 18.0 Å². The Bertz CT molecular complexity index is 881. The Kier molecular flexibility index (Phi) is 6.46. The van der Waals surface area contributed by atoms with Gasteiger partial charge in [0.2, 0.25) is 0 Å². The zero-order valence-corrected chi connectivity index (χ0v) is 15.7. The van der Waals surface area contributed by atoms with Crippen LogP contribution in [0.15, 0.2) is 47.4 Å². The zero-order valence-electron chi connectivity index (χ0n) is 14.9. The molecule has 26 heavy (non-hydrogen) atoms. The number of sulfonamides is 1. The number of amides is 1. The van der Waals surface area contributed by atoms with Gasteiger partial charge in [-0.1, -0.05) is 12.1 Å². The van der Waals surface area contributed by atoms with Crippen LogP contribution in [0.3, 0.4) is 0 Å². The first-order valence-corrected chi connectivity index (χ1v) is 9.64. The normalized spacial score (nSPS) is 10.9. The van der Waals surface area contributed by atoms with Crippen molar-refractivity contribution in [1.82, 2.24) is 0 Å². The summed E-state index contributed by atoms with van der Waals surface area (Å²) < 4.78 is 38.1. The molecular weight excluding hydrogens is 356 g/mol. The van der Waals surface area contributed by atoms with E-state index in [1.807, 2.05) is 13.0 Å². The minimum absolute atomic E-state index is 0.00532. The van der Waals surface area contributed by atoms with Crippen molar-refractivity contribution in [2.24, 2.45) is 0 Å². The summed E-state index contributed by atoms with van der Waals surface area (Å²) in [6.45, 7) is 5.90. The molecule has 0 aromatic heterocycles. The van der Waals surface area contributed by atoms with Crippen LogP contribution in [0.4, 0.5) is 16.2 Å². The predicted octanol–water partition coefficient (Wildman–Crippen LogP) is 3.76. The lowest BCUT2D eigenvalue weighted by atomic mass is 10.2. The van der Waals surface area contributed by atoms with Crippen LogP contribution in [0.2, 0.25) is 0 Å². The fraction of sp³-hybridized carbons (Fsp3) is 0.278. The van der Waals surface area contributed by atoms with Crippen LogP contribution < -0.4 is 14.8 Å². The fourth-order valence-electron chi connectivity index (χ4n) is 2.26. The van der Waals surface area contributed by atoms with Crippen LogP contribution in [-0.2, 0) is 14.8 Å². The van der Waals surface area contributed by atoms with E-state index in [-0.39, 0.29) is 17.2 Å². The number of carbonyl (C=O) groups is 1. The van der Waals surface area contributed by atoms with E-state index >= 15 is 0 Å². The zero-order chi connectivity index (χ0) is 19.2. The third kappa shape index (κ3) is 5.13. The average molecular weight is 378 g/mol. The number of aryl methyl sites for hydroxylation is 1. The fourth-order valence-corrected chi connectivity index (χ4v) is 3.33. The summed E-state index contributed by atoms with van der Waals surface area (Å²) >= 11 is 0. The minimum Gasteiger partial charge on any atom is -0.492 e. The lowest BCUT2D eigenvalue weighted by Crippen LogP contribution is -2.16. The van der Waals surface area contributed by atoms with Crippen LogP contribution in [0.25, 0.3) is 0 Å². The second kappa shape index (κ2) is 8.57. The largest absolute Gasteiger partial charge is 0.492 e. The van der Waals surface area contributed by atoms with Crippen molar-refractivity contribution in [3.05, 3.63) is 48.0 Å². The highest BCUT2D eigenvalue weighted by Crippen LogP contribution is 2.29. The SMILES string of the molecule is CCOC(=O)Nc1cc(S(=O)(=O)Nc2cccc(C)c2)ccc1OCC. The first-order chi connectivity index (χ1) is 12.4. The van der Waals surface area contributed by atoms with E-state index in [1.54, 1.807) is 32.0 Å². The molecule has 140 valence electrons. The molecule has 0 saturated heterocycles. The number of anilines is 2. The van der Waals surface area contributed by atoms with Gasteiger partial charge in [-0.3, -0.25) is 10.0 Å². The summed E-state index contributed by atoms with van der Waals surface area (Å²) in [5.74, 6) is 0.357. The summed E-state index contributed by atoms with van der Waals surface area (Å²) in [5, 5.41) is 2.50. The average Bonchev–Trinajstić information content (AvgIpc) is 2.56. The maximum atomic E-state index is 12.6. The van der Waals surface area contributed by atoms with Crippen molar-refractivity contribution < 1.29 is 22.7 Å². The van der Waals surface area contributed by atoms with Crippen molar-refractivity contribution in [2.75, 3.05) is 23.3 Å². The van der Waals surface area contributed by atoms with Crippen LogP contribution in [0.5, 0.6) is 5.75 Å². The van der Waals surface area contributed by atoms with Crippen LogP contribution in [0, 0.1) is 6.92 Å². The molecule has 0 unspecified atom stereocenters. The Hall–Kier alpha value is -2.74. The topological polar surface area (TPSA) is 93.7 Å². The summed E-state index contributed by atoms with van der Waals surface area (Å²) in [6.07, 6.45) is -0.686. The smallest absolute Gasteiger partial charge is 0.411 e. The summed E-state index contributed by atoms with van der Waals surface area (Å²) in [5.41, 5.74) is 1.61.